The van der Waals surface area contributed by atoms with Crippen molar-refractivity contribution in [1.82, 2.24) is 0 Å². The Morgan fingerprint density at radius 3 is 2.60 bits per heavy atom. The van der Waals surface area contributed by atoms with Crippen LogP contribution in [0.5, 0.6) is 5.75 Å². The second-order valence-corrected chi connectivity index (χ2v) is 6.91. The quantitative estimate of drug-likeness (QED) is 0.846. The molecule has 2 aromatic rings. The fraction of sp³-hybridized carbons (Fsp3) is 0.263. The van der Waals surface area contributed by atoms with Gasteiger partial charge in [0.15, 0.2) is 0 Å². The number of nitrogens with zero attached hydrogens (tertiary/aromatic N) is 1. The topological polar surface area (TPSA) is 58.6 Å². The molecular weight excluding hydrogens is 384 g/mol. The second kappa shape index (κ2) is 7.27. The highest BCUT2D eigenvalue weighted by molar-refractivity contribution is 9.10. The van der Waals surface area contributed by atoms with Crippen LogP contribution in [0.3, 0.4) is 0 Å². The lowest BCUT2D eigenvalue weighted by Crippen LogP contribution is -2.28. The van der Waals surface area contributed by atoms with Crippen LogP contribution in [0, 0.1) is 12.8 Å². The molecule has 0 unspecified atom stereocenters. The highest BCUT2D eigenvalue weighted by atomic mass is 79.9. The van der Waals surface area contributed by atoms with Gasteiger partial charge in [-0.15, -0.1) is 0 Å². The van der Waals surface area contributed by atoms with E-state index in [0.717, 1.165) is 27.2 Å². The molecule has 25 heavy (non-hydrogen) atoms. The summed E-state index contributed by atoms with van der Waals surface area (Å²) in [7, 11) is 1.60. The van der Waals surface area contributed by atoms with Crippen LogP contribution in [0.1, 0.15) is 12.0 Å². The lowest BCUT2D eigenvalue weighted by molar-refractivity contribution is -0.122. The maximum atomic E-state index is 12.5. The molecule has 0 aromatic heterocycles. The van der Waals surface area contributed by atoms with Crippen LogP contribution in [-0.4, -0.2) is 25.5 Å². The fourth-order valence-electron chi connectivity index (χ4n) is 2.86. The highest BCUT2D eigenvalue weighted by Crippen LogP contribution is 2.28. The number of ether oxygens (including phenoxy) is 1. The molecule has 1 saturated heterocycles. The van der Waals surface area contributed by atoms with Crippen molar-refractivity contribution in [3.63, 3.8) is 0 Å². The normalized spacial score (nSPS) is 16.8. The Bertz CT molecular complexity index is 805. The number of methoxy groups -OCH3 is 1. The van der Waals surface area contributed by atoms with Crippen molar-refractivity contribution in [3.05, 3.63) is 52.5 Å². The number of halogens is 1. The minimum atomic E-state index is -0.362. The van der Waals surface area contributed by atoms with Gasteiger partial charge in [0.05, 0.1) is 13.0 Å². The SMILES string of the molecule is COc1ccc(N2C[C@@H](C(=O)Nc3ccc(Br)c(C)c3)CC2=O)cc1. The summed E-state index contributed by atoms with van der Waals surface area (Å²) in [6.45, 7) is 2.34. The van der Waals surface area contributed by atoms with Crippen molar-refractivity contribution < 1.29 is 14.3 Å². The fourth-order valence-corrected chi connectivity index (χ4v) is 3.11. The smallest absolute Gasteiger partial charge is 0.229 e. The average molecular weight is 403 g/mol. The molecule has 5 nitrogen and oxygen atoms in total. The van der Waals surface area contributed by atoms with Gasteiger partial charge < -0.3 is 15.0 Å². The van der Waals surface area contributed by atoms with Gasteiger partial charge >= 0.3 is 0 Å². The zero-order valence-electron chi connectivity index (χ0n) is 14.1. The third kappa shape index (κ3) is 3.85. The Morgan fingerprint density at radius 1 is 1.24 bits per heavy atom. The monoisotopic (exact) mass is 402 g/mol. The van der Waals surface area contributed by atoms with Gasteiger partial charge in [-0.3, -0.25) is 9.59 Å². The molecule has 3 rings (SSSR count). The zero-order chi connectivity index (χ0) is 18.0. The van der Waals surface area contributed by atoms with Crippen LogP contribution in [-0.2, 0) is 9.59 Å². The number of anilines is 2. The summed E-state index contributed by atoms with van der Waals surface area (Å²) in [5.74, 6) is 0.192. The molecule has 0 spiro atoms. The molecular formula is C19H19BrN2O3. The predicted molar refractivity (Wildman–Crippen MR) is 101 cm³/mol. The molecule has 2 aromatic carbocycles. The molecule has 1 fully saturated rings. The van der Waals surface area contributed by atoms with E-state index in [0.29, 0.717) is 6.54 Å². The predicted octanol–water partition coefficient (Wildman–Crippen LogP) is 3.76. The number of carbonyl (C=O) groups excluding carboxylic acids is 2. The molecule has 130 valence electrons. The molecule has 0 radical (unpaired) electrons. The third-order valence-corrected chi connectivity index (χ3v) is 5.20. The van der Waals surface area contributed by atoms with Gasteiger partial charge in [0.25, 0.3) is 0 Å². The van der Waals surface area contributed by atoms with Crippen molar-refractivity contribution in [2.75, 3.05) is 23.9 Å². The Hall–Kier alpha value is -2.34. The van der Waals surface area contributed by atoms with E-state index in [-0.39, 0.29) is 24.2 Å². The molecule has 0 aliphatic carbocycles. The number of amides is 2. The highest BCUT2D eigenvalue weighted by Gasteiger charge is 2.35. The molecule has 6 heteroatoms. The van der Waals surface area contributed by atoms with Crippen molar-refractivity contribution in [3.8, 4) is 5.75 Å². The van der Waals surface area contributed by atoms with Crippen molar-refractivity contribution in [2.45, 2.75) is 13.3 Å². The zero-order valence-corrected chi connectivity index (χ0v) is 15.7. The van der Waals surface area contributed by atoms with Gasteiger partial charge in [0.2, 0.25) is 11.8 Å². The Morgan fingerprint density at radius 2 is 1.96 bits per heavy atom. The van der Waals surface area contributed by atoms with E-state index >= 15 is 0 Å². The maximum Gasteiger partial charge on any atom is 0.229 e. The number of nitrogens with one attached hydrogen (secondary N) is 1. The Kier molecular flexibility index (Phi) is 5.08. The van der Waals surface area contributed by atoms with E-state index in [2.05, 4.69) is 21.2 Å². The van der Waals surface area contributed by atoms with Gasteiger partial charge in [0, 0.05) is 28.8 Å². The lowest BCUT2D eigenvalue weighted by Gasteiger charge is -2.17. The number of rotatable bonds is 4. The van der Waals surface area contributed by atoms with Crippen molar-refractivity contribution in [2.24, 2.45) is 5.92 Å². The molecule has 1 atom stereocenters. The number of hydrogen-bond acceptors (Lipinski definition) is 3. The first kappa shape index (κ1) is 17.5. The summed E-state index contributed by atoms with van der Waals surface area (Å²) in [5.41, 5.74) is 2.56. The second-order valence-electron chi connectivity index (χ2n) is 6.06. The van der Waals surface area contributed by atoms with Gasteiger partial charge in [-0.05, 0) is 55.0 Å². The lowest BCUT2D eigenvalue weighted by atomic mass is 10.1. The van der Waals surface area contributed by atoms with Crippen LogP contribution in [0.2, 0.25) is 0 Å². The number of benzene rings is 2. The summed E-state index contributed by atoms with van der Waals surface area (Å²) in [6, 6.07) is 12.9. The largest absolute Gasteiger partial charge is 0.497 e. The molecule has 0 bridgehead atoms. The molecule has 1 N–H and O–H groups in total. The summed E-state index contributed by atoms with van der Waals surface area (Å²) < 4.78 is 6.12. The van der Waals surface area contributed by atoms with E-state index < -0.39 is 0 Å². The molecule has 1 aliphatic rings. The standard InChI is InChI=1S/C19H19BrN2O3/c1-12-9-14(3-8-17(12)20)21-19(24)13-10-18(23)22(11-13)15-4-6-16(25-2)7-5-15/h3-9,13H,10-11H2,1-2H3,(H,21,24)/t13-/m0/s1. The van der Waals surface area contributed by atoms with Gasteiger partial charge in [-0.1, -0.05) is 15.9 Å². The van der Waals surface area contributed by atoms with E-state index in [9.17, 15) is 9.59 Å². The van der Waals surface area contributed by atoms with Crippen molar-refractivity contribution in [1.29, 1.82) is 0 Å². The van der Waals surface area contributed by atoms with Gasteiger partial charge in [-0.2, -0.15) is 0 Å². The minimum absolute atomic E-state index is 0.0442. The van der Waals surface area contributed by atoms with Crippen LogP contribution < -0.4 is 15.0 Å². The Labute approximate surface area is 155 Å². The van der Waals surface area contributed by atoms with Crippen molar-refractivity contribution >= 4 is 39.1 Å². The first-order chi connectivity index (χ1) is 12.0. The number of aryl methyl sites for hydroxylation is 1. The van der Waals surface area contributed by atoms with E-state index in [1.807, 2.05) is 37.3 Å². The third-order valence-electron chi connectivity index (χ3n) is 4.31. The van der Waals surface area contributed by atoms with Crippen LogP contribution in [0.25, 0.3) is 0 Å². The summed E-state index contributed by atoms with van der Waals surface area (Å²) >= 11 is 3.44. The summed E-state index contributed by atoms with van der Waals surface area (Å²) in [6.07, 6.45) is 0.216. The number of hydrogen-bond donors (Lipinski definition) is 1. The minimum Gasteiger partial charge on any atom is -0.497 e. The molecule has 2 amide bonds. The van der Waals surface area contributed by atoms with E-state index in [4.69, 9.17) is 4.74 Å². The summed E-state index contributed by atoms with van der Waals surface area (Å²) in [4.78, 5) is 26.5. The van der Waals surface area contributed by atoms with E-state index in [1.54, 1.807) is 24.1 Å². The average Bonchev–Trinajstić information content (AvgIpc) is 3.00. The van der Waals surface area contributed by atoms with Gasteiger partial charge in [0.1, 0.15) is 5.75 Å². The maximum absolute atomic E-state index is 12.5. The van der Waals surface area contributed by atoms with Crippen LogP contribution in [0.4, 0.5) is 11.4 Å². The molecule has 0 saturated carbocycles. The van der Waals surface area contributed by atoms with Crippen LogP contribution in [0.15, 0.2) is 46.9 Å². The summed E-state index contributed by atoms with van der Waals surface area (Å²) in [5, 5.41) is 2.90. The van der Waals surface area contributed by atoms with Crippen LogP contribution >= 0.6 is 15.9 Å². The number of carbonyl (C=O) groups is 2. The molecule has 1 heterocycles. The Balaban J connectivity index is 1.68. The van der Waals surface area contributed by atoms with E-state index in [1.165, 1.54) is 0 Å². The molecule has 1 aliphatic heterocycles. The first-order valence-electron chi connectivity index (χ1n) is 7.99. The van der Waals surface area contributed by atoms with Gasteiger partial charge in [-0.25, -0.2) is 0 Å². The first-order valence-corrected chi connectivity index (χ1v) is 8.78.